The zero-order valence-electron chi connectivity index (χ0n) is 16.5. The largest absolute Gasteiger partial charge is 0.420 e. The third kappa shape index (κ3) is 5.17. The number of hydrogen-bond donors (Lipinski definition) is 2. The zero-order chi connectivity index (χ0) is 23.0. The van der Waals surface area contributed by atoms with Crippen LogP contribution in [0.15, 0.2) is 18.2 Å². The first-order valence-corrected chi connectivity index (χ1v) is 9.48. The Morgan fingerprint density at radius 2 is 1.90 bits per heavy atom. The van der Waals surface area contributed by atoms with Gasteiger partial charge in [0.05, 0.1) is 5.69 Å². The molecule has 2 aromatic rings. The molecule has 0 unspecified atom stereocenters. The Morgan fingerprint density at radius 3 is 2.48 bits per heavy atom. The fourth-order valence-electron chi connectivity index (χ4n) is 3.63. The van der Waals surface area contributed by atoms with Crippen molar-refractivity contribution < 1.29 is 31.5 Å². The molecule has 2 aromatic heterocycles. The predicted octanol–water partition coefficient (Wildman–Crippen LogP) is 3.78. The maximum absolute atomic E-state index is 13.7. The van der Waals surface area contributed by atoms with Crippen molar-refractivity contribution in [2.45, 2.75) is 51.3 Å². The highest BCUT2D eigenvalue weighted by Crippen LogP contribution is 2.38. The molecule has 7 nitrogen and oxygen atoms in total. The lowest BCUT2D eigenvalue weighted by Crippen LogP contribution is -2.29. The summed E-state index contributed by atoms with van der Waals surface area (Å²) in [5, 5.41) is 6.10. The van der Waals surface area contributed by atoms with Crippen molar-refractivity contribution in [2.24, 2.45) is 11.7 Å². The van der Waals surface area contributed by atoms with Gasteiger partial charge in [-0.3, -0.25) is 14.3 Å². The second-order valence-electron chi connectivity index (χ2n) is 7.51. The minimum Gasteiger partial charge on any atom is -0.364 e. The van der Waals surface area contributed by atoms with Gasteiger partial charge in [0.15, 0.2) is 0 Å². The van der Waals surface area contributed by atoms with Crippen LogP contribution in [0.1, 0.15) is 57.9 Å². The van der Waals surface area contributed by atoms with Gasteiger partial charge in [-0.1, -0.05) is 6.07 Å². The van der Waals surface area contributed by atoms with E-state index < -0.39 is 40.9 Å². The summed E-state index contributed by atoms with van der Waals surface area (Å²) in [5.74, 6) is -5.31. The number of carbonyl (C=O) groups excluding carboxylic acids is 2. The van der Waals surface area contributed by atoms with Crippen LogP contribution in [0, 0.1) is 12.8 Å². The molecular weight excluding hydrogens is 425 g/mol. The van der Waals surface area contributed by atoms with Gasteiger partial charge in [0.2, 0.25) is 5.92 Å². The lowest BCUT2D eigenvalue weighted by Gasteiger charge is -2.28. The Morgan fingerprint density at radius 1 is 1.26 bits per heavy atom. The van der Waals surface area contributed by atoms with E-state index in [0.717, 1.165) is 11.6 Å². The minimum atomic E-state index is -4.86. The molecule has 31 heavy (non-hydrogen) atoms. The van der Waals surface area contributed by atoms with Crippen molar-refractivity contribution in [3.63, 3.8) is 0 Å². The number of nitrogens with zero attached hydrogens (tertiary/aromatic N) is 3. The summed E-state index contributed by atoms with van der Waals surface area (Å²) in [6, 6.07) is 3.93. The smallest absolute Gasteiger partial charge is 0.364 e. The minimum absolute atomic E-state index is 0.107. The molecule has 1 fully saturated rings. The van der Waals surface area contributed by atoms with E-state index in [4.69, 9.17) is 5.73 Å². The van der Waals surface area contributed by atoms with E-state index in [1.165, 1.54) is 18.2 Å². The van der Waals surface area contributed by atoms with E-state index in [-0.39, 0.29) is 49.7 Å². The summed E-state index contributed by atoms with van der Waals surface area (Å²) in [6.07, 6.45) is -5.38. The number of primary amides is 1. The molecule has 0 saturated heterocycles. The van der Waals surface area contributed by atoms with Crippen molar-refractivity contribution in [1.82, 2.24) is 14.8 Å². The second-order valence-corrected chi connectivity index (χ2v) is 7.51. The molecule has 0 aliphatic heterocycles. The molecule has 1 saturated carbocycles. The molecule has 0 aromatic carbocycles. The SMILES string of the molecule is Cc1nn(CC2CCC(F)(F)CC2)c(C(=O)Nc2cccc(C(N)=O)n2)c1C(F)(F)F. The summed E-state index contributed by atoms with van der Waals surface area (Å²) in [6.45, 7) is 1.02. The summed E-state index contributed by atoms with van der Waals surface area (Å²) < 4.78 is 68.7. The quantitative estimate of drug-likeness (QED) is 0.684. The zero-order valence-corrected chi connectivity index (χ0v) is 16.5. The van der Waals surface area contributed by atoms with Crippen molar-refractivity contribution >= 4 is 17.6 Å². The van der Waals surface area contributed by atoms with Crippen LogP contribution in [0.3, 0.4) is 0 Å². The summed E-state index contributed by atoms with van der Waals surface area (Å²) in [4.78, 5) is 27.8. The van der Waals surface area contributed by atoms with Gasteiger partial charge in [0.25, 0.3) is 11.8 Å². The number of halogens is 5. The molecule has 3 N–H and O–H groups in total. The van der Waals surface area contributed by atoms with Crippen molar-refractivity contribution in [3.05, 3.63) is 40.8 Å². The van der Waals surface area contributed by atoms with Crippen molar-refractivity contribution in [1.29, 1.82) is 0 Å². The first kappa shape index (κ1) is 22.6. The lowest BCUT2D eigenvalue weighted by molar-refractivity contribution is -0.138. The summed E-state index contributed by atoms with van der Waals surface area (Å²) in [7, 11) is 0. The Labute approximate surface area is 173 Å². The van der Waals surface area contributed by atoms with E-state index >= 15 is 0 Å². The van der Waals surface area contributed by atoms with Gasteiger partial charge < -0.3 is 11.1 Å². The Balaban J connectivity index is 1.92. The number of nitrogens with two attached hydrogens (primary N) is 1. The van der Waals surface area contributed by atoms with E-state index in [0.29, 0.717) is 0 Å². The number of pyridine rings is 1. The first-order chi connectivity index (χ1) is 14.4. The molecule has 3 rings (SSSR count). The number of alkyl halides is 5. The maximum atomic E-state index is 13.7. The van der Waals surface area contributed by atoms with Gasteiger partial charge in [0, 0.05) is 19.4 Å². The number of hydrogen-bond acceptors (Lipinski definition) is 4. The van der Waals surface area contributed by atoms with Crippen LogP contribution in [0.25, 0.3) is 0 Å². The van der Waals surface area contributed by atoms with E-state index in [1.54, 1.807) is 0 Å². The molecule has 0 spiro atoms. The molecular formula is C19H20F5N5O2. The highest BCUT2D eigenvalue weighted by Gasteiger charge is 2.42. The summed E-state index contributed by atoms with van der Waals surface area (Å²) >= 11 is 0. The second kappa shape index (κ2) is 8.23. The number of nitrogens with one attached hydrogen (secondary N) is 1. The maximum Gasteiger partial charge on any atom is 0.420 e. The number of amides is 2. The van der Waals surface area contributed by atoms with E-state index in [1.807, 2.05) is 0 Å². The highest BCUT2D eigenvalue weighted by atomic mass is 19.4. The average molecular weight is 445 g/mol. The molecule has 2 amide bonds. The molecule has 1 aliphatic carbocycles. The fraction of sp³-hybridized carbons (Fsp3) is 0.474. The first-order valence-electron chi connectivity index (χ1n) is 9.48. The van der Waals surface area contributed by atoms with Crippen LogP contribution < -0.4 is 11.1 Å². The monoisotopic (exact) mass is 445 g/mol. The standard InChI is InChI=1S/C19H20F5N5O2/c1-10-14(19(22,23)24)15(17(31)27-13-4-2-3-12(26-13)16(25)30)29(28-10)9-11-5-7-18(20,21)8-6-11/h2-4,11H,5-9H2,1H3,(H2,25,30)(H,26,27,31). The molecule has 1 aliphatic rings. The van der Waals surface area contributed by atoms with Crippen LogP contribution in [0.4, 0.5) is 27.8 Å². The van der Waals surface area contributed by atoms with Crippen LogP contribution in [-0.2, 0) is 12.7 Å². The van der Waals surface area contributed by atoms with Gasteiger partial charge in [-0.25, -0.2) is 13.8 Å². The molecule has 12 heteroatoms. The van der Waals surface area contributed by atoms with Crippen molar-refractivity contribution in [2.75, 3.05) is 5.32 Å². The van der Waals surface area contributed by atoms with E-state index in [2.05, 4.69) is 15.4 Å². The van der Waals surface area contributed by atoms with Crippen LogP contribution in [0.2, 0.25) is 0 Å². The third-order valence-electron chi connectivity index (χ3n) is 5.14. The Hall–Kier alpha value is -3.05. The molecule has 168 valence electrons. The van der Waals surface area contributed by atoms with Crippen molar-refractivity contribution in [3.8, 4) is 0 Å². The third-order valence-corrected chi connectivity index (χ3v) is 5.14. The van der Waals surface area contributed by atoms with Gasteiger partial charge in [0.1, 0.15) is 22.8 Å². The number of aryl methyl sites for hydroxylation is 1. The molecule has 2 heterocycles. The number of anilines is 1. The number of aromatic nitrogens is 3. The van der Waals surface area contributed by atoms with Crippen LogP contribution in [0.5, 0.6) is 0 Å². The average Bonchev–Trinajstić information content (AvgIpc) is 3.00. The van der Waals surface area contributed by atoms with Gasteiger partial charge in [-0.2, -0.15) is 18.3 Å². The molecule has 0 atom stereocenters. The topological polar surface area (TPSA) is 103 Å². The number of carbonyl (C=O) groups is 2. The van der Waals surface area contributed by atoms with Gasteiger partial charge in [-0.05, 0) is 37.8 Å². The highest BCUT2D eigenvalue weighted by molar-refractivity contribution is 6.04. The fourth-order valence-corrected chi connectivity index (χ4v) is 3.63. The van der Waals surface area contributed by atoms with Gasteiger partial charge in [-0.15, -0.1) is 0 Å². The number of rotatable bonds is 5. The predicted molar refractivity (Wildman–Crippen MR) is 99.6 cm³/mol. The Bertz CT molecular complexity index is 992. The lowest BCUT2D eigenvalue weighted by atomic mass is 9.87. The van der Waals surface area contributed by atoms with Crippen LogP contribution >= 0.6 is 0 Å². The molecule has 0 radical (unpaired) electrons. The van der Waals surface area contributed by atoms with E-state index in [9.17, 15) is 31.5 Å². The Kier molecular flexibility index (Phi) is 6.01. The normalized spacial score (nSPS) is 16.8. The van der Waals surface area contributed by atoms with Crippen LogP contribution in [-0.4, -0.2) is 32.5 Å². The molecule has 0 bridgehead atoms. The summed E-state index contributed by atoms with van der Waals surface area (Å²) in [5.41, 5.74) is 2.59. The van der Waals surface area contributed by atoms with Gasteiger partial charge >= 0.3 is 6.18 Å².